The van der Waals surface area contributed by atoms with Gasteiger partial charge in [0, 0.05) is 21.3 Å². The van der Waals surface area contributed by atoms with E-state index in [4.69, 9.17) is 23.2 Å². The summed E-state index contributed by atoms with van der Waals surface area (Å²) in [6.07, 6.45) is 1.61. The fourth-order valence-corrected chi connectivity index (χ4v) is 3.96. The normalized spacial score (nSPS) is 11.1. The van der Waals surface area contributed by atoms with Gasteiger partial charge in [0.25, 0.3) is 5.91 Å². The Morgan fingerprint density at radius 3 is 2.27 bits per heavy atom. The molecule has 1 N–H and O–H groups in total. The maximum Gasteiger partial charge on any atom is 0.250 e. The highest BCUT2D eigenvalue weighted by Crippen LogP contribution is 2.29. The fraction of sp³-hybridized carbons (Fsp3) is 0.0833. The van der Waals surface area contributed by atoms with Gasteiger partial charge >= 0.3 is 0 Å². The molecule has 1 amide bonds. The first-order valence-corrected chi connectivity index (χ1v) is 11.7. The average Bonchev–Trinajstić information content (AvgIpc) is 3.24. The highest BCUT2D eigenvalue weighted by atomic mass is 35.5. The predicted octanol–water partition coefficient (Wildman–Crippen LogP) is 5.79. The van der Waals surface area contributed by atoms with Crippen molar-refractivity contribution in [2.45, 2.75) is 12.1 Å². The molecular formula is C24H19Cl2N5OS. The van der Waals surface area contributed by atoms with E-state index in [2.05, 4.69) is 20.7 Å². The van der Waals surface area contributed by atoms with Gasteiger partial charge in [-0.05, 0) is 61.0 Å². The molecule has 1 heterocycles. The van der Waals surface area contributed by atoms with E-state index in [-0.39, 0.29) is 11.7 Å². The second kappa shape index (κ2) is 10.7. The van der Waals surface area contributed by atoms with Gasteiger partial charge in [0.15, 0.2) is 11.0 Å². The second-order valence-corrected chi connectivity index (χ2v) is 8.93. The van der Waals surface area contributed by atoms with Crippen LogP contribution in [0.5, 0.6) is 0 Å². The van der Waals surface area contributed by atoms with Crippen molar-refractivity contribution in [2.75, 3.05) is 5.75 Å². The van der Waals surface area contributed by atoms with Crippen LogP contribution in [0.2, 0.25) is 10.0 Å². The van der Waals surface area contributed by atoms with E-state index in [1.807, 2.05) is 60.0 Å². The summed E-state index contributed by atoms with van der Waals surface area (Å²) in [6, 6.07) is 22.5. The van der Waals surface area contributed by atoms with Crippen molar-refractivity contribution in [3.63, 3.8) is 0 Å². The van der Waals surface area contributed by atoms with Gasteiger partial charge in [0.2, 0.25) is 0 Å². The number of thioether (sulfide) groups is 1. The lowest BCUT2D eigenvalue weighted by atomic mass is 10.2. The van der Waals surface area contributed by atoms with Gasteiger partial charge in [-0.3, -0.25) is 9.36 Å². The smallest absolute Gasteiger partial charge is 0.250 e. The van der Waals surface area contributed by atoms with E-state index in [1.54, 1.807) is 30.5 Å². The second-order valence-electron chi connectivity index (χ2n) is 7.12. The highest BCUT2D eigenvalue weighted by Gasteiger charge is 2.17. The molecule has 0 atom stereocenters. The molecule has 3 aromatic carbocycles. The summed E-state index contributed by atoms with van der Waals surface area (Å²) >= 11 is 13.4. The number of nitrogens with zero attached hydrogens (tertiary/aromatic N) is 4. The molecule has 4 rings (SSSR count). The Morgan fingerprint density at radius 1 is 0.970 bits per heavy atom. The van der Waals surface area contributed by atoms with Crippen LogP contribution in [0.3, 0.4) is 0 Å². The summed E-state index contributed by atoms with van der Waals surface area (Å²) in [7, 11) is 0. The van der Waals surface area contributed by atoms with Crippen LogP contribution < -0.4 is 5.43 Å². The number of nitrogens with one attached hydrogen (secondary N) is 1. The first kappa shape index (κ1) is 23.0. The third-order valence-electron chi connectivity index (χ3n) is 4.63. The van der Waals surface area contributed by atoms with Crippen molar-refractivity contribution in [3.05, 3.63) is 94.0 Å². The lowest BCUT2D eigenvalue weighted by molar-refractivity contribution is -0.118. The van der Waals surface area contributed by atoms with Gasteiger partial charge in [0.1, 0.15) is 0 Å². The molecule has 0 spiro atoms. The molecule has 166 valence electrons. The van der Waals surface area contributed by atoms with Crippen LogP contribution in [-0.2, 0) is 4.79 Å². The van der Waals surface area contributed by atoms with Gasteiger partial charge in [-0.2, -0.15) is 5.10 Å². The molecule has 33 heavy (non-hydrogen) atoms. The number of hydrogen-bond donors (Lipinski definition) is 1. The third kappa shape index (κ3) is 6.01. The SMILES string of the molecule is Cc1ccc(/C=N/NC(=O)CSc2nnc(-c3ccc(Cl)cc3)n2-c2ccc(Cl)cc2)cc1. The maximum atomic E-state index is 12.3. The Labute approximate surface area is 205 Å². The van der Waals surface area contributed by atoms with Crippen molar-refractivity contribution < 1.29 is 4.79 Å². The number of amides is 1. The molecule has 0 bridgehead atoms. The van der Waals surface area contributed by atoms with Crippen LogP contribution in [-0.4, -0.2) is 32.6 Å². The molecule has 0 radical (unpaired) electrons. The third-order valence-corrected chi connectivity index (χ3v) is 6.07. The van der Waals surface area contributed by atoms with Gasteiger partial charge in [-0.25, -0.2) is 5.43 Å². The zero-order valence-electron chi connectivity index (χ0n) is 17.6. The monoisotopic (exact) mass is 495 g/mol. The minimum atomic E-state index is -0.248. The number of hydrogen-bond acceptors (Lipinski definition) is 5. The molecular weight excluding hydrogens is 477 g/mol. The topological polar surface area (TPSA) is 72.2 Å². The van der Waals surface area contributed by atoms with E-state index in [0.29, 0.717) is 21.0 Å². The van der Waals surface area contributed by atoms with Crippen molar-refractivity contribution in [3.8, 4) is 17.1 Å². The molecule has 0 aliphatic rings. The van der Waals surface area contributed by atoms with E-state index >= 15 is 0 Å². The minimum Gasteiger partial charge on any atom is -0.272 e. The first-order valence-electron chi connectivity index (χ1n) is 9.98. The molecule has 0 aliphatic heterocycles. The Morgan fingerprint density at radius 2 is 1.61 bits per heavy atom. The molecule has 9 heteroatoms. The molecule has 0 unspecified atom stereocenters. The Balaban J connectivity index is 1.51. The Hall–Kier alpha value is -3.13. The van der Waals surface area contributed by atoms with Gasteiger partial charge < -0.3 is 0 Å². The quantitative estimate of drug-likeness (QED) is 0.200. The van der Waals surface area contributed by atoms with Crippen molar-refractivity contribution in [2.24, 2.45) is 5.10 Å². The van der Waals surface area contributed by atoms with Gasteiger partial charge in [-0.1, -0.05) is 64.8 Å². The summed E-state index contributed by atoms with van der Waals surface area (Å²) in [5, 5.41) is 14.5. The number of aromatic nitrogens is 3. The Bertz CT molecular complexity index is 1270. The van der Waals surface area contributed by atoms with Gasteiger partial charge in [-0.15, -0.1) is 10.2 Å². The molecule has 0 fully saturated rings. The fourth-order valence-electron chi connectivity index (χ4n) is 2.97. The number of rotatable bonds is 7. The van der Waals surface area contributed by atoms with Crippen LogP contribution in [0, 0.1) is 6.92 Å². The number of aryl methyl sites for hydroxylation is 1. The zero-order chi connectivity index (χ0) is 23.2. The minimum absolute atomic E-state index is 0.123. The number of benzene rings is 3. The number of hydrazone groups is 1. The van der Waals surface area contributed by atoms with Crippen LogP contribution in [0.4, 0.5) is 0 Å². The number of carbonyl (C=O) groups is 1. The number of halogens is 2. The largest absolute Gasteiger partial charge is 0.272 e. The molecule has 0 aliphatic carbocycles. The Kier molecular flexibility index (Phi) is 7.44. The zero-order valence-corrected chi connectivity index (χ0v) is 19.9. The molecule has 4 aromatic rings. The first-order chi connectivity index (χ1) is 16.0. The maximum absolute atomic E-state index is 12.3. The molecule has 0 saturated carbocycles. The van der Waals surface area contributed by atoms with E-state index in [1.165, 1.54) is 11.8 Å². The van der Waals surface area contributed by atoms with Crippen molar-refractivity contribution >= 4 is 47.1 Å². The predicted molar refractivity (Wildman–Crippen MR) is 134 cm³/mol. The molecule has 0 saturated heterocycles. The standard InChI is InChI=1S/C24H19Cl2N5OS/c1-16-2-4-17(5-3-16)14-27-28-22(32)15-33-24-30-29-23(18-6-8-19(25)9-7-18)31(24)21-12-10-20(26)11-13-21/h2-14H,15H2,1H3,(H,28,32)/b27-14+. The van der Waals surface area contributed by atoms with E-state index < -0.39 is 0 Å². The summed E-state index contributed by atoms with van der Waals surface area (Å²) in [6.45, 7) is 2.01. The van der Waals surface area contributed by atoms with Crippen LogP contribution in [0.1, 0.15) is 11.1 Å². The number of carbonyl (C=O) groups excluding carboxylic acids is 1. The van der Waals surface area contributed by atoms with E-state index in [0.717, 1.165) is 22.4 Å². The average molecular weight is 496 g/mol. The van der Waals surface area contributed by atoms with Gasteiger partial charge in [0.05, 0.1) is 12.0 Å². The summed E-state index contributed by atoms with van der Waals surface area (Å²) in [4.78, 5) is 12.3. The van der Waals surface area contributed by atoms with Crippen LogP contribution in [0.25, 0.3) is 17.1 Å². The summed E-state index contributed by atoms with van der Waals surface area (Å²) in [5.74, 6) is 0.508. The molecule has 1 aromatic heterocycles. The van der Waals surface area contributed by atoms with Crippen molar-refractivity contribution in [1.29, 1.82) is 0 Å². The van der Waals surface area contributed by atoms with Crippen LogP contribution >= 0.6 is 35.0 Å². The lowest BCUT2D eigenvalue weighted by Crippen LogP contribution is -2.20. The van der Waals surface area contributed by atoms with E-state index in [9.17, 15) is 4.79 Å². The molecule has 6 nitrogen and oxygen atoms in total. The van der Waals surface area contributed by atoms with Crippen molar-refractivity contribution in [1.82, 2.24) is 20.2 Å². The summed E-state index contributed by atoms with van der Waals surface area (Å²) in [5.41, 5.74) is 6.29. The summed E-state index contributed by atoms with van der Waals surface area (Å²) < 4.78 is 1.88. The highest BCUT2D eigenvalue weighted by molar-refractivity contribution is 7.99. The lowest BCUT2D eigenvalue weighted by Gasteiger charge is -2.10. The van der Waals surface area contributed by atoms with Crippen LogP contribution in [0.15, 0.2) is 83.1 Å².